The summed E-state index contributed by atoms with van der Waals surface area (Å²) in [5, 5.41) is 2.45. The van der Waals surface area contributed by atoms with Gasteiger partial charge in [-0.25, -0.2) is 0 Å². The molecule has 1 aromatic carbocycles. The summed E-state index contributed by atoms with van der Waals surface area (Å²) in [6, 6.07) is 11.3. The Labute approximate surface area is 134 Å². The monoisotopic (exact) mass is 300 g/mol. The molecule has 6 atom stereocenters. The predicted octanol–water partition coefficient (Wildman–Crippen LogP) is 3.50. The molecule has 1 aliphatic heterocycles. The third kappa shape index (κ3) is 1.86. The number of hydrogen-bond donors (Lipinski definition) is 1. The largest absolute Gasteiger partial charge is 0.325 e. The normalized spacial score (nSPS) is 43.3. The fourth-order valence-corrected chi connectivity index (χ4v) is 5.87. The number of ether oxygens (including phenoxy) is 1. The molecule has 0 radical (unpaired) electrons. The van der Waals surface area contributed by atoms with Gasteiger partial charge in [0.2, 0.25) is 0 Å². The van der Waals surface area contributed by atoms with E-state index >= 15 is 0 Å². The summed E-state index contributed by atoms with van der Waals surface area (Å²) in [4.78, 5) is 0. The van der Waals surface area contributed by atoms with E-state index in [1.165, 1.54) is 24.8 Å². The van der Waals surface area contributed by atoms with Crippen LogP contribution >= 0.6 is 0 Å². The van der Waals surface area contributed by atoms with Crippen molar-refractivity contribution in [2.75, 3.05) is 0 Å². The van der Waals surface area contributed by atoms with Gasteiger partial charge < -0.3 is 10.1 Å². The SMILES string of the molecule is C[C@H]([NH2+][C@H]1C[C@@H]2[C@H]3CC[C@@](C)([C@@H]2O1)C3(C)C)c1ccccc1. The third-order valence-electron chi connectivity index (χ3n) is 7.56. The molecule has 2 bridgehead atoms. The lowest BCUT2D eigenvalue weighted by Crippen LogP contribution is -2.90. The minimum atomic E-state index is 0.348. The summed E-state index contributed by atoms with van der Waals surface area (Å²) in [6.45, 7) is 9.75. The van der Waals surface area contributed by atoms with Crippen molar-refractivity contribution in [1.82, 2.24) is 0 Å². The molecule has 2 saturated carbocycles. The number of benzene rings is 1. The van der Waals surface area contributed by atoms with E-state index < -0.39 is 0 Å². The van der Waals surface area contributed by atoms with Crippen LogP contribution in [0.2, 0.25) is 0 Å². The highest BCUT2D eigenvalue weighted by Gasteiger charge is 2.69. The number of quaternary nitrogens is 1. The van der Waals surface area contributed by atoms with Crippen molar-refractivity contribution in [1.29, 1.82) is 0 Å². The number of hydrogen-bond acceptors (Lipinski definition) is 1. The lowest BCUT2D eigenvalue weighted by Gasteiger charge is -2.38. The molecule has 2 N–H and O–H groups in total. The first-order valence-electron chi connectivity index (χ1n) is 8.99. The smallest absolute Gasteiger partial charge is 0.191 e. The lowest BCUT2D eigenvalue weighted by atomic mass is 9.70. The van der Waals surface area contributed by atoms with Gasteiger partial charge in [-0.3, -0.25) is 0 Å². The van der Waals surface area contributed by atoms with Crippen molar-refractivity contribution in [3.05, 3.63) is 35.9 Å². The summed E-state index contributed by atoms with van der Waals surface area (Å²) in [5.74, 6) is 1.66. The number of nitrogens with two attached hydrogens (primary N) is 1. The third-order valence-corrected chi connectivity index (χ3v) is 7.56. The number of rotatable bonds is 3. The van der Waals surface area contributed by atoms with Crippen LogP contribution in [0.1, 0.15) is 58.6 Å². The van der Waals surface area contributed by atoms with E-state index in [0.717, 1.165) is 11.8 Å². The van der Waals surface area contributed by atoms with E-state index in [1.807, 2.05) is 0 Å². The van der Waals surface area contributed by atoms with Crippen LogP contribution in [0.15, 0.2) is 30.3 Å². The van der Waals surface area contributed by atoms with Crippen molar-refractivity contribution in [2.45, 2.75) is 65.3 Å². The highest BCUT2D eigenvalue weighted by molar-refractivity contribution is 5.17. The Morgan fingerprint density at radius 2 is 1.91 bits per heavy atom. The molecular formula is C20H30NO+. The molecule has 22 heavy (non-hydrogen) atoms. The van der Waals surface area contributed by atoms with Crippen LogP contribution in [0, 0.1) is 22.7 Å². The Hall–Kier alpha value is -0.860. The molecule has 120 valence electrons. The molecule has 1 aromatic rings. The fraction of sp³-hybridized carbons (Fsp3) is 0.700. The van der Waals surface area contributed by atoms with Crippen LogP contribution in [0.5, 0.6) is 0 Å². The predicted molar refractivity (Wildman–Crippen MR) is 88.2 cm³/mol. The van der Waals surface area contributed by atoms with Gasteiger partial charge in [0, 0.05) is 12.0 Å². The molecule has 3 aliphatic rings. The van der Waals surface area contributed by atoms with Gasteiger partial charge in [0.05, 0.1) is 6.10 Å². The Bertz CT molecular complexity index is 554. The molecular weight excluding hydrogens is 270 g/mol. The van der Waals surface area contributed by atoms with Crippen molar-refractivity contribution in [2.24, 2.45) is 22.7 Å². The molecule has 3 fully saturated rings. The highest BCUT2D eigenvalue weighted by atomic mass is 16.5. The summed E-state index contributed by atoms with van der Waals surface area (Å²) >= 11 is 0. The van der Waals surface area contributed by atoms with E-state index in [0.29, 0.717) is 29.2 Å². The maximum atomic E-state index is 6.59. The van der Waals surface area contributed by atoms with E-state index in [-0.39, 0.29) is 0 Å². The van der Waals surface area contributed by atoms with Crippen LogP contribution < -0.4 is 5.32 Å². The molecule has 2 nitrogen and oxygen atoms in total. The second kappa shape index (κ2) is 4.82. The lowest BCUT2D eigenvalue weighted by molar-refractivity contribution is -0.757. The zero-order valence-electron chi connectivity index (χ0n) is 14.4. The summed E-state index contributed by atoms with van der Waals surface area (Å²) in [7, 11) is 0. The molecule has 4 rings (SSSR count). The topological polar surface area (TPSA) is 25.8 Å². The summed E-state index contributed by atoms with van der Waals surface area (Å²) < 4.78 is 6.59. The molecule has 2 heteroatoms. The first-order valence-corrected chi connectivity index (χ1v) is 8.99. The minimum Gasteiger partial charge on any atom is -0.325 e. The molecule has 0 spiro atoms. The number of fused-ring (bicyclic) bond motifs is 5. The zero-order valence-corrected chi connectivity index (χ0v) is 14.4. The molecule has 2 aliphatic carbocycles. The minimum absolute atomic E-state index is 0.348. The van der Waals surface area contributed by atoms with Crippen molar-refractivity contribution < 1.29 is 10.1 Å². The van der Waals surface area contributed by atoms with E-state index in [1.54, 1.807) is 0 Å². The molecule has 0 aromatic heterocycles. The first-order chi connectivity index (χ1) is 10.4. The Kier molecular flexibility index (Phi) is 3.22. The van der Waals surface area contributed by atoms with Crippen molar-refractivity contribution >= 4 is 0 Å². The van der Waals surface area contributed by atoms with Gasteiger partial charge in [0.15, 0.2) is 6.23 Å². The average Bonchev–Trinajstić information content (AvgIpc) is 3.05. The fourth-order valence-electron chi connectivity index (χ4n) is 5.87. The second-order valence-electron chi connectivity index (χ2n) is 8.67. The summed E-state index contributed by atoms with van der Waals surface area (Å²) in [6.07, 6.45) is 4.85. The summed E-state index contributed by atoms with van der Waals surface area (Å²) in [5.41, 5.74) is 2.25. The molecule has 0 unspecified atom stereocenters. The second-order valence-corrected chi connectivity index (χ2v) is 8.67. The highest BCUT2D eigenvalue weighted by Crippen LogP contribution is 2.70. The Balaban J connectivity index is 1.47. The van der Waals surface area contributed by atoms with Crippen LogP contribution in [0.4, 0.5) is 0 Å². The van der Waals surface area contributed by atoms with Gasteiger partial charge in [-0.15, -0.1) is 0 Å². The van der Waals surface area contributed by atoms with Gasteiger partial charge >= 0.3 is 0 Å². The quantitative estimate of drug-likeness (QED) is 0.908. The zero-order chi connectivity index (χ0) is 15.5. The van der Waals surface area contributed by atoms with E-state index in [9.17, 15) is 0 Å². The maximum absolute atomic E-state index is 6.59. The van der Waals surface area contributed by atoms with E-state index in [2.05, 4.69) is 63.3 Å². The van der Waals surface area contributed by atoms with Gasteiger partial charge in [-0.2, -0.15) is 0 Å². The average molecular weight is 300 g/mol. The molecule has 0 amide bonds. The van der Waals surface area contributed by atoms with Gasteiger partial charge in [-0.1, -0.05) is 51.1 Å². The molecule has 1 saturated heterocycles. The van der Waals surface area contributed by atoms with Crippen LogP contribution in [0.25, 0.3) is 0 Å². The van der Waals surface area contributed by atoms with Gasteiger partial charge in [0.1, 0.15) is 6.04 Å². The van der Waals surface area contributed by atoms with Crippen LogP contribution in [-0.2, 0) is 4.74 Å². The van der Waals surface area contributed by atoms with Crippen LogP contribution in [-0.4, -0.2) is 12.3 Å². The van der Waals surface area contributed by atoms with Gasteiger partial charge in [0.25, 0.3) is 0 Å². The van der Waals surface area contributed by atoms with Crippen molar-refractivity contribution in [3.63, 3.8) is 0 Å². The first kappa shape index (κ1) is 14.7. The Morgan fingerprint density at radius 1 is 1.18 bits per heavy atom. The van der Waals surface area contributed by atoms with Crippen LogP contribution in [0.3, 0.4) is 0 Å². The van der Waals surface area contributed by atoms with E-state index in [4.69, 9.17) is 4.74 Å². The van der Waals surface area contributed by atoms with Crippen molar-refractivity contribution in [3.8, 4) is 0 Å². The molecule has 1 heterocycles. The van der Waals surface area contributed by atoms with Gasteiger partial charge in [-0.05, 0) is 42.4 Å². The Morgan fingerprint density at radius 3 is 2.59 bits per heavy atom. The maximum Gasteiger partial charge on any atom is 0.191 e. The standard InChI is InChI=1S/C20H29NO/c1-13(14-8-6-5-7-9-14)21-17-12-15-16-10-11-20(4,18(15)22-17)19(16,2)3/h5-9,13,15-18,21H,10-12H2,1-4H3/p+1/t13-,15+,16+,17+,18+,20-/m0/s1.